The maximum atomic E-state index is 13.4. The summed E-state index contributed by atoms with van der Waals surface area (Å²) in [5.74, 6) is -0.138. The molecule has 3 atom stereocenters. The van der Waals surface area contributed by atoms with Crippen LogP contribution in [0, 0.1) is 17.8 Å². The minimum Gasteiger partial charge on any atom is -0.469 e. The van der Waals surface area contributed by atoms with Crippen LogP contribution >= 0.6 is 7.60 Å². The van der Waals surface area contributed by atoms with E-state index in [2.05, 4.69) is 27.7 Å². The lowest BCUT2D eigenvalue weighted by Gasteiger charge is -2.25. The third-order valence-corrected chi connectivity index (χ3v) is 7.28. The van der Waals surface area contributed by atoms with Gasteiger partial charge in [0.2, 0.25) is 0 Å². The van der Waals surface area contributed by atoms with E-state index in [0.717, 1.165) is 51.4 Å². The number of hydrogen-bond acceptors (Lipinski definition) is 5. The highest BCUT2D eigenvalue weighted by molar-refractivity contribution is 7.53. The van der Waals surface area contributed by atoms with Gasteiger partial charge in [0, 0.05) is 0 Å². The zero-order chi connectivity index (χ0) is 20.7. The summed E-state index contributed by atoms with van der Waals surface area (Å²) in [4.78, 5) is 11.8. The monoisotopic (exact) mass is 406 g/mol. The topological polar surface area (TPSA) is 61.8 Å². The molecule has 0 aliphatic carbocycles. The molecule has 0 amide bonds. The molecule has 0 spiro atoms. The Morgan fingerprint density at radius 2 is 1.33 bits per heavy atom. The van der Waals surface area contributed by atoms with Crippen molar-refractivity contribution in [1.29, 1.82) is 0 Å². The van der Waals surface area contributed by atoms with Crippen molar-refractivity contribution in [3.63, 3.8) is 0 Å². The van der Waals surface area contributed by atoms with Gasteiger partial charge in [0.15, 0.2) is 0 Å². The van der Waals surface area contributed by atoms with E-state index in [0.29, 0.717) is 25.0 Å². The fraction of sp³-hybridized carbons (Fsp3) is 0.952. The normalized spacial score (nSPS) is 17.1. The number of carbonyl (C=O) groups excluding carboxylic acids is 1. The molecule has 0 fully saturated rings. The first-order valence-electron chi connectivity index (χ1n) is 10.8. The van der Waals surface area contributed by atoms with E-state index in [1.54, 1.807) is 6.92 Å². The van der Waals surface area contributed by atoms with Crippen LogP contribution in [0.1, 0.15) is 86.0 Å². The molecule has 5 nitrogen and oxygen atoms in total. The smallest absolute Gasteiger partial charge is 0.331 e. The molecule has 27 heavy (non-hydrogen) atoms. The number of esters is 1. The predicted octanol–water partition coefficient (Wildman–Crippen LogP) is 6.45. The van der Waals surface area contributed by atoms with Crippen LogP contribution in [0.3, 0.4) is 0 Å². The van der Waals surface area contributed by atoms with Gasteiger partial charge in [-0.2, -0.15) is 0 Å². The van der Waals surface area contributed by atoms with Gasteiger partial charge < -0.3 is 13.8 Å². The number of methoxy groups -OCH3 is 1. The van der Waals surface area contributed by atoms with Crippen molar-refractivity contribution in [2.75, 3.05) is 26.5 Å². The van der Waals surface area contributed by atoms with Gasteiger partial charge in [-0.3, -0.25) is 9.36 Å². The molecule has 0 aliphatic heterocycles. The van der Waals surface area contributed by atoms with Gasteiger partial charge in [-0.1, -0.05) is 73.1 Å². The molecule has 0 aromatic heterocycles. The van der Waals surface area contributed by atoms with Crippen molar-refractivity contribution in [1.82, 2.24) is 0 Å². The maximum Gasteiger partial charge on any atom is 0.331 e. The lowest BCUT2D eigenvalue weighted by atomic mass is 10.0. The second-order valence-corrected chi connectivity index (χ2v) is 9.75. The van der Waals surface area contributed by atoms with Crippen LogP contribution in [-0.4, -0.2) is 32.5 Å². The van der Waals surface area contributed by atoms with E-state index in [-0.39, 0.29) is 12.1 Å². The van der Waals surface area contributed by atoms with Crippen LogP contribution in [0.2, 0.25) is 0 Å². The highest BCUT2D eigenvalue weighted by Gasteiger charge is 2.32. The van der Waals surface area contributed by atoms with Gasteiger partial charge in [-0.05, 0) is 24.7 Å². The summed E-state index contributed by atoms with van der Waals surface area (Å²) in [7, 11) is -1.99. The Labute approximate surface area is 167 Å². The summed E-state index contributed by atoms with van der Waals surface area (Å²) >= 11 is 0. The Balaban J connectivity index is 4.96. The van der Waals surface area contributed by atoms with Gasteiger partial charge in [0.05, 0.1) is 32.4 Å². The van der Waals surface area contributed by atoms with Crippen molar-refractivity contribution in [3.8, 4) is 0 Å². The molecule has 0 aromatic rings. The molecule has 0 rings (SSSR count). The number of hydrogen-bond donors (Lipinski definition) is 0. The lowest BCUT2D eigenvalue weighted by molar-refractivity contribution is -0.144. The number of unbranched alkanes of at least 4 members (excludes halogenated alkanes) is 2. The van der Waals surface area contributed by atoms with Crippen LogP contribution in [0.15, 0.2) is 0 Å². The van der Waals surface area contributed by atoms with Gasteiger partial charge >= 0.3 is 13.6 Å². The molecule has 162 valence electrons. The molecule has 0 saturated carbocycles. The third-order valence-electron chi connectivity index (χ3n) is 5.20. The first-order chi connectivity index (χ1) is 12.9. The molecular formula is C21H43O5P. The van der Waals surface area contributed by atoms with Gasteiger partial charge in [-0.15, -0.1) is 0 Å². The highest BCUT2D eigenvalue weighted by Crippen LogP contribution is 2.51. The van der Waals surface area contributed by atoms with Crippen LogP contribution in [0.5, 0.6) is 0 Å². The Morgan fingerprint density at radius 1 is 0.889 bits per heavy atom. The molecular weight excluding hydrogens is 363 g/mol. The molecule has 0 saturated heterocycles. The minimum absolute atomic E-state index is 0.0775. The molecule has 0 N–H and O–H groups in total. The Bertz CT molecular complexity index is 403. The second-order valence-electron chi connectivity index (χ2n) is 7.64. The Morgan fingerprint density at radius 3 is 1.67 bits per heavy atom. The van der Waals surface area contributed by atoms with Crippen LogP contribution in [0.25, 0.3) is 0 Å². The predicted molar refractivity (Wildman–Crippen MR) is 112 cm³/mol. The van der Waals surface area contributed by atoms with Crippen molar-refractivity contribution < 1.29 is 23.1 Å². The summed E-state index contributed by atoms with van der Waals surface area (Å²) < 4.78 is 29.9. The number of carbonyl (C=O) groups is 1. The van der Waals surface area contributed by atoms with E-state index >= 15 is 0 Å². The third kappa shape index (κ3) is 11.9. The summed E-state index contributed by atoms with van der Waals surface area (Å²) in [5, 5.41) is 0. The van der Waals surface area contributed by atoms with E-state index in [1.165, 1.54) is 7.11 Å². The van der Waals surface area contributed by atoms with Crippen molar-refractivity contribution in [3.05, 3.63) is 0 Å². The fourth-order valence-corrected chi connectivity index (χ4v) is 4.97. The molecule has 0 radical (unpaired) electrons. The van der Waals surface area contributed by atoms with Gasteiger partial charge in [-0.25, -0.2) is 0 Å². The summed E-state index contributed by atoms with van der Waals surface area (Å²) in [6.45, 7) is 11.2. The van der Waals surface area contributed by atoms with E-state index in [4.69, 9.17) is 13.8 Å². The lowest BCUT2D eigenvalue weighted by Crippen LogP contribution is -2.20. The first kappa shape index (κ1) is 26.6. The summed E-state index contributed by atoms with van der Waals surface area (Å²) in [6, 6.07) is 0. The Kier molecular flexibility index (Phi) is 15.3. The molecule has 3 unspecified atom stereocenters. The largest absolute Gasteiger partial charge is 0.469 e. The van der Waals surface area contributed by atoms with Crippen molar-refractivity contribution in [2.45, 2.75) is 86.0 Å². The van der Waals surface area contributed by atoms with Crippen molar-refractivity contribution >= 4 is 13.6 Å². The fourth-order valence-electron chi connectivity index (χ4n) is 2.99. The van der Waals surface area contributed by atoms with E-state index in [1.807, 2.05) is 0 Å². The molecule has 0 aliphatic rings. The van der Waals surface area contributed by atoms with Crippen LogP contribution < -0.4 is 0 Å². The zero-order valence-corrected chi connectivity index (χ0v) is 19.4. The second kappa shape index (κ2) is 15.5. The van der Waals surface area contributed by atoms with Crippen LogP contribution in [0.4, 0.5) is 0 Å². The van der Waals surface area contributed by atoms with E-state index < -0.39 is 13.5 Å². The SMILES string of the molecule is CCCCC(CC)COP(=O)(CC(C)C(=O)OC)OCC(CC)CCCC. The molecule has 0 bridgehead atoms. The maximum absolute atomic E-state index is 13.4. The molecule has 0 heterocycles. The van der Waals surface area contributed by atoms with Crippen molar-refractivity contribution in [2.24, 2.45) is 17.8 Å². The van der Waals surface area contributed by atoms with E-state index in [9.17, 15) is 9.36 Å². The summed E-state index contributed by atoms with van der Waals surface area (Å²) in [5.41, 5.74) is 0. The summed E-state index contributed by atoms with van der Waals surface area (Å²) in [6.07, 6.45) is 8.73. The van der Waals surface area contributed by atoms with Gasteiger partial charge in [0.25, 0.3) is 0 Å². The van der Waals surface area contributed by atoms with Crippen LogP contribution in [-0.2, 0) is 23.1 Å². The number of rotatable bonds is 17. The average molecular weight is 407 g/mol. The highest BCUT2D eigenvalue weighted by atomic mass is 31.2. The number of ether oxygens (including phenoxy) is 1. The minimum atomic E-state index is -3.34. The zero-order valence-electron chi connectivity index (χ0n) is 18.5. The standard InChI is InChI=1S/C21H43O5P/c1-7-11-13-19(9-3)15-25-27(23,17-18(5)21(22)24-6)26-16-20(10-4)14-12-8-2/h18-20H,7-17H2,1-6H3. The first-order valence-corrected chi connectivity index (χ1v) is 12.5. The quantitative estimate of drug-likeness (QED) is 0.205. The molecule has 6 heteroatoms. The average Bonchev–Trinajstić information content (AvgIpc) is 2.67. The molecule has 0 aromatic carbocycles. The van der Waals surface area contributed by atoms with Gasteiger partial charge in [0.1, 0.15) is 0 Å². The Hall–Kier alpha value is -0.380.